The van der Waals surface area contributed by atoms with Crippen molar-refractivity contribution in [3.8, 4) is 0 Å². The average Bonchev–Trinajstić information content (AvgIpc) is 2.88. The first-order valence-electron chi connectivity index (χ1n) is 8.44. The molecule has 0 radical (unpaired) electrons. The Morgan fingerprint density at radius 3 is 2.44 bits per heavy atom. The molecule has 0 aliphatic carbocycles. The SMILES string of the molecule is CC(C)c1cc(S(=O)c2cccc3ccccc23)cc2c1C(=O)NS2(=O)=O. The Morgan fingerprint density at radius 2 is 1.70 bits per heavy atom. The molecule has 138 valence electrons. The monoisotopic (exact) mass is 399 g/mol. The second-order valence-electron chi connectivity index (χ2n) is 6.72. The van der Waals surface area contributed by atoms with Gasteiger partial charge in [-0.1, -0.05) is 50.2 Å². The number of hydrogen-bond acceptors (Lipinski definition) is 4. The van der Waals surface area contributed by atoms with Gasteiger partial charge >= 0.3 is 0 Å². The third kappa shape index (κ3) is 2.87. The summed E-state index contributed by atoms with van der Waals surface area (Å²) < 4.78 is 40.0. The number of nitrogens with one attached hydrogen (secondary N) is 1. The minimum Gasteiger partial charge on any atom is -0.268 e. The molecule has 7 heteroatoms. The molecule has 0 saturated heterocycles. The van der Waals surface area contributed by atoms with Crippen molar-refractivity contribution in [1.82, 2.24) is 4.72 Å². The van der Waals surface area contributed by atoms with Gasteiger partial charge < -0.3 is 0 Å². The average molecular weight is 399 g/mol. The number of sulfonamides is 1. The fourth-order valence-corrected chi connectivity index (χ4v) is 5.93. The van der Waals surface area contributed by atoms with E-state index in [2.05, 4.69) is 0 Å². The number of hydrogen-bond donors (Lipinski definition) is 1. The predicted molar refractivity (Wildman–Crippen MR) is 104 cm³/mol. The van der Waals surface area contributed by atoms with Gasteiger partial charge in [0.05, 0.1) is 21.3 Å². The molecule has 4 rings (SSSR count). The standard InChI is InChI=1S/C20H17NO4S2/c1-12(2)16-10-14(11-18-19(16)20(22)21-27(18,24)25)26(23)17-9-5-7-13-6-3-4-8-15(13)17/h3-12H,1-2H3,(H,21,22). The molecule has 0 fully saturated rings. The molecule has 1 amide bonds. The highest BCUT2D eigenvalue weighted by Crippen LogP contribution is 2.34. The quantitative estimate of drug-likeness (QED) is 0.730. The van der Waals surface area contributed by atoms with Gasteiger partial charge in [0.25, 0.3) is 15.9 Å². The van der Waals surface area contributed by atoms with Crippen LogP contribution in [0.15, 0.2) is 69.3 Å². The molecule has 0 aromatic heterocycles. The molecule has 1 atom stereocenters. The van der Waals surface area contributed by atoms with Crippen molar-refractivity contribution >= 4 is 37.5 Å². The molecule has 0 bridgehead atoms. The lowest BCUT2D eigenvalue weighted by Gasteiger charge is -2.13. The zero-order chi connectivity index (χ0) is 19.3. The van der Waals surface area contributed by atoms with Crippen LogP contribution in [-0.2, 0) is 20.8 Å². The summed E-state index contributed by atoms with van der Waals surface area (Å²) in [4.78, 5) is 13.0. The van der Waals surface area contributed by atoms with Crippen LogP contribution in [0.2, 0.25) is 0 Å². The first kappa shape index (κ1) is 17.9. The Bertz CT molecular complexity index is 1220. The van der Waals surface area contributed by atoms with Crippen molar-refractivity contribution in [3.63, 3.8) is 0 Å². The summed E-state index contributed by atoms with van der Waals surface area (Å²) in [6, 6.07) is 16.2. The molecule has 1 unspecified atom stereocenters. The van der Waals surface area contributed by atoms with Crippen molar-refractivity contribution in [2.24, 2.45) is 0 Å². The lowest BCUT2D eigenvalue weighted by atomic mass is 9.97. The van der Waals surface area contributed by atoms with Gasteiger partial charge in [0.2, 0.25) is 0 Å². The molecule has 0 saturated carbocycles. The summed E-state index contributed by atoms with van der Waals surface area (Å²) in [5.74, 6) is -0.724. The zero-order valence-corrected chi connectivity index (χ0v) is 16.4. The summed E-state index contributed by atoms with van der Waals surface area (Å²) in [6.07, 6.45) is 0. The van der Waals surface area contributed by atoms with Gasteiger partial charge in [-0.3, -0.25) is 4.79 Å². The third-order valence-electron chi connectivity index (χ3n) is 4.64. The van der Waals surface area contributed by atoms with Crippen LogP contribution < -0.4 is 4.72 Å². The lowest BCUT2D eigenvalue weighted by Crippen LogP contribution is -2.21. The fourth-order valence-electron chi connectivity index (χ4n) is 3.34. The number of rotatable bonds is 3. The van der Waals surface area contributed by atoms with Crippen molar-refractivity contribution in [2.45, 2.75) is 34.5 Å². The number of carbonyl (C=O) groups is 1. The van der Waals surface area contributed by atoms with E-state index in [-0.39, 0.29) is 16.4 Å². The molecule has 0 spiro atoms. The summed E-state index contributed by atoms with van der Waals surface area (Å²) in [6.45, 7) is 3.75. The van der Waals surface area contributed by atoms with Gasteiger partial charge in [0.15, 0.2) is 0 Å². The molecule has 1 aliphatic rings. The highest BCUT2D eigenvalue weighted by Gasteiger charge is 2.36. The fraction of sp³-hybridized carbons (Fsp3) is 0.150. The van der Waals surface area contributed by atoms with E-state index in [0.717, 1.165) is 10.8 Å². The van der Waals surface area contributed by atoms with E-state index in [1.807, 2.05) is 55.0 Å². The first-order valence-corrected chi connectivity index (χ1v) is 11.1. The molecule has 5 nitrogen and oxygen atoms in total. The number of amides is 1. The van der Waals surface area contributed by atoms with Crippen LogP contribution in [0, 0.1) is 0 Å². The maximum atomic E-state index is 13.3. The van der Waals surface area contributed by atoms with E-state index in [1.54, 1.807) is 12.1 Å². The van der Waals surface area contributed by atoms with E-state index >= 15 is 0 Å². The maximum absolute atomic E-state index is 13.3. The van der Waals surface area contributed by atoms with E-state index in [1.165, 1.54) is 6.07 Å². The molecular weight excluding hydrogens is 382 g/mol. The van der Waals surface area contributed by atoms with E-state index < -0.39 is 26.7 Å². The largest absolute Gasteiger partial charge is 0.268 e. The molecule has 1 heterocycles. The molecule has 1 N–H and O–H groups in total. The van der Waals surface area contributed by atoms with E-state index in [0.29, 0.717) is 15.4 Å². The van der Waals surface area contributed by atoms with Crippen molar-refractivity contribution < 1.29 is 17.4 Å². The Labute approximate surface area is 159 Å². The summed E-state index contributed by atoms with van der Waals surface area (Å²) in [7, 11) is -5.51. The topological polar surface area (TPSA) is 80.3 Å². The van der Waals surface area contributed by atoms with Crippen LogP contribution >= 0.6 is 0 Å². The van der Waals surface area contributed by atoms with Crippen LogP contribution in [-0.4, -0.2) is 18.5 Å². The minimum absolute atomic E-state index is 0.0951. The maximum Gasteiger partial charge on any atom is 0.266 e. The smallest absolute Gasteiger partial charge is 0.266 e. The van der Waals surface area contributed by atoms with Crippen LogP contribution in [0.1, 0.15) is 35.7 Å². The van der Waals surface area contributed by atoms with Crippen LogP contribution in [0.4, 0.5) is 0 Å². The van der Waals surface area contributed by atoms with Crippen molar-refractivity contribution in [3.05, 3.63) is 65.7 Å². The Hall–Kier alpha value is -2.51. The highest BCUT2D eigenvalue weighted by molar-refractivity contribution is 7.90. The molecule has 3 aromatic carbocycles. The van der Waals surface area contributed by atoms with E-state index in [9.17, 15) is 17.4 Å². The van der Waals surface area contributed by atoms with Crippen LogP contribution in [0.5, 0.6) is 0 Å². The summed E-state index contributed by atoms with van der Waals surface area (Å²) >= 11 is 0. The van der Waals surface area contributed by atoms with Gasteiger partial charge in [-0.2, -0.15) is 0 Å². The first-order chi connectivity index (χ1) is 12.8. The van der Waals surface area contributed by atoms with Crippen molar-refractivity contribution in [1.29, 1.82) is 0 Å². The summed E-state index contributed by atoms with van der Waals surface area (Å²) in [5.41, 5.74) is 0.735. The third-order valence-corrected chi connectivity index (χ3v) is 7.41. The second kappa shape index (κ2) is 6.28. The number of fused-ring (bicyclic) bond motifs is 2. The normalized spacial score (nSPS) is 16.3. The minimum atomic E-state index is -3.93. The predicted octanol–water partition coefficient (Wildman–Crippen LogP) is 3.56. The van der Waals surface area contributed by atoms with Gasteiger partial charge in [-0.05, 0) is 40.5 Å². The van der Waals surface area contributed by atoms with Gasteiger partial charge in [-0.15, -0.1) is 0 Å². The molecule has 3 aromatic rings. The number of carbonyl (C=O) groups excluding carboxylic acids is 1. The second-order valence-corrected chi connectivity index (χ2v) is 9.82. The molecule has 1 aliphatic heterocycles. The Balaban J connectivity index is 1.96. The van der Waals surface area contributed by atoms with Crippen molar-refractivity contribution in [2.75, 3.05) is 0 Å². The van der Waals surface area contributed by atoms with Gasteiger partial charge in [0.1, 0.15) is 4.90 Å². The molecular formula is C20H17NO4S2. The van der Waals surface area contributed by atoms with Gasteiger partial charge in [0, 0.05) is 4.90 Å². The number of benzene rings is 3. The Kier molecular flexibility index (Phi) is 4.16. The lowest BCUT2D eigenvalue weighted by molar-refractivity contribution is 0.0984. The van der Waals surface area contributed by atoms with Gasteiger partial charge in [-0.25, -0.2) is 17.3 Å². The highest BCUT2D eigenvalue weighted by atomic mass is 32.2. The molecule has 27 heavy (non-hydrogen) atoms. The zero-order valence-electron chi connectivity index (χ0n) is 14.7. The van der Waals surface area contributed by atoms with Crippen LogP contribution in [0.25, 0.3) is 10.8 Å². The Morgan fingerprint density at radius 1 is 1.00 bits per heavy atom. The van der Waals surface area contributed by atoms with E-state index in [4.69, 9.17) is 0 Å². The summed E-state index contributed by atoms with van der Waals surface area (Å²) in [5, 5.41) is 1.81. The van der Waals surface area contributed by atoms with Crippen LogP contribution in [0.3, 0.4) is 0 Å².